The predicted molar refractivity (Wildman–Crippen MR) is 81.7 cm³/mol. The van der Waals surface area contributed by atoms with Gasteiger partial charge in [-0.15, -0.1) is 0 Å². The second-order valence-corrected chi connectivity index (χ2v) is 5.30. The van der Waals surface area contributed by atoms with Gasteiger partial charge in [-0.25, -0.2) is 0 Å². The van der Waals surface area contributed by atoms with E-state index in [2.05, 4.69) is 35.9 Å². The van der Waals surface area contributed by atoms with Gasteiger partial charge in [0.25, 0.3) is 0 Å². The van der Waals surface area contributed by atoms with Crippen LogP contribution in [0.25, 0.3) is 0 Å². The molecule has 4 heteroatoms. The minimum absolute atomic E-state index is 0.422. The molecule has 1 unspecified atom stereocenters. The number of hydrogen-bond donors (Lipinski definition) is 1. The number of rotatable bonds is 10. The number of nitrogens with one attached hydrogen (secondary N) is 1. The Balaban J connectivity index is 2.10. The van der Waals surface area contributed by atoms with Crippen molar-refractivity contribution in [3.63, 3.8) is 0 Å². The number of hydrogen-bond acceptors (Lipinski definition) is 4. The summed E-state index contributed by atoms with van der Waals surface area (Å²) < 4.78 is 5.75. The van der Waals surface area contributed by atoms with E-state index in [4.69, 9.17) is 4.74 Å². The summed E-state index contributed by atoms with van der Waals surface area (Å²) in [6.45, 7) is 16.8. The molecule has 4 nitrogen and oxygen atoms in total. The van der Waals surface area contributed by atoms with Crippen molar-refractivity contribution in [2.24, 2.45) is 0 Å². The molecular weight excluding hydrogens is 238 g/mol. The molecule has 0 spiro atoms. The third-order valence-electron chi connectivity index (χ3n) is 4.06. The fourth-order valence-electron chi connectivity index (χ4n) is 2.62. The van der Waals surface area contributed by atoms with Gasteiger partial charge >= 0.3 is 0 Å². The largest absolute Gasteiger partial charge is 0.376 e. The van der Waals surface area contributed by atoms with Crippen LogP contribution < -0.4 is 5.32 Å². The molecule has 0 aromatic rings. The van der Waals surface area contributed by atoms with Crippen LogP contribution >= 0.6 is 0 Å². The molecular formula is C15H33N3O. The van der Waals surface area contributed by atoms with E-state index in [0.29, 0.717) is 6.10 Å². The molecule has 0 amide bonds. The molecule has 0 radical (unpaired) electrons. The topological polar surface area (TPSA) is 27.7 Å². The maximum atomic E-state index is 5.75. The third kappa shape index (κ3) is 7.25. The number of nitrogens with zero attached hydrogens (tertiary/aromatic N) is 2. The Kier molecular flexibility index (Phi) is 9.43. The van der Waals surface area contributed by atoms with Gasteiger partial charge in [-0.1, -0.05) is 20.8 Å². The normalized spacial score (nSPS) is 20.4. The Labute approximate surface area is 119 Å². The van der Waals surface area contributed by atoms with Crippen LogP contribution in [0.2, 0.25) is 0 Å². The Morgan fingerprint density at radius 2 is 1.68 bits per heavy atom. The average molecular weight is 271 g/mol. The van der Waals surface area contributed by atoms with Gasteiger partial charge in [0.2, 0.25) is 0 Å². The van der Waals surface area contributed by atoms with Gasteiger partial charge in [0, 0.05) is 19.6 Å². The molecule has 19 heavy (non-hydrogen) atoms. The highest BCUT2D eigenvalue weighted by molar-refractivity contribution is 4.69. The van der Waals surface area contributed by atoms with Gasteiger partial charge in [-0.05, 0) is 45.6 Å². The molecule has 1 rings (SSSR count). The highest BCUT2D eigenvalue weighted by atomic mass is 16.5. The van der Waals surface area contributed by atoms with Crippen molar-refractivity contribution in [3.8, 4) is 0 Å². The zero-order valence-electron chi connectivity index (χ0n) is 13.2. The Hall–Kier alpha value is -0.160. The Bertz CT molecular complexity index is 204. The molecule has 0 bridgehead atoms. The van der Waals surface area contributed by atoms with Crippen molar-refractivity contribution < 1.29 is 4.74 Å². The molecule has 0 saturated carbocycles. The molecule has 0 aromatic heterocycles. The van der Waals surface area contributed by atoms with Crippen LogP contribution in [-0.2, 0) is 4.74 Å². The Morgan fingerprint density at radius 1 is 1.00 bits per heavy atom. The highest BCUT2D eigenvalue weighted by Gasteiger charge is 2.14. The van der Waals surface area contributed by atoms with E-state index >= 15 is 0 Å². The van der Waals surface area contributed by atoms with Crippen LogP contribution in [0.3, 0.4) is 0 Å². The summed E-state index contributed by atoms with van der Waals surface area (Å²) in [6, 6.07) is 0. The molecule has 1 aliphatic rings. The van der Waals surface area contributed by atoms with Gasteiger partial charge in [0.05, 0.1) is 12.7 Å². The monoisotopic (exact) mass is 271 g/mol. The summed E-state index contributed by atoms with van der Waals surface area (Å²) >= 11 is 0. The first-order chi connectivity index (χ1) is 9.30. The van der Waals surface area contributed by atoms with E-state index in [-0.39, 0.29) is 0 Å². The highest BCUT2D eigenvalue weighted by Crippen LogP contribution is 2.04. The fourth-order valence-corrected chi connectivity index (χ4v) is 2.62. The van der Waals surface area contributed by atoms with Crippen molar-refractivity contribution in [2.45, 2.75) is 39.7 Å². The summed E-state index contributed by atoms with van der Waals surface area (Å²) in [4.78, 5) is 5.06. The minimum atomic E-state index is 0.422. The van der Waals surface area contributed by atoms with E-state index < -0.39 is 0 Å². The smallest absolute Gasteiger partial charge is 0.0712 e. The fraction of sp³-hybridized carbons (Fsp3) is 1.00. The number of morpholine rings is 1. The first-order valence-electron chi connectivity index (χ1n) is 8.07. The van der Waals surface area contributed by atoms with Crippen LogP contribution in [-0.4, -0.2) is 74.9 Å². The van der Waals surface area contributed by atoms with Crippen LogP contribution in [0.1, 0.15) is 33.6 Å². The van der Waals surface area contributed by atoms with Crippen LogP contribution in [0.15, 0.2) is 0 Å². The van der Waals surface area contributed by atoms with Gasteiger partial charge in [0.15, 0.2) is 0 Å². The SMILES string of the molecule is CCN(CC)CCCN(CC)CCC1CNCCO1. The first kappa shape index (κ1) is 16.9. The van der Waals surface area contributed by atoms with E-state index in [0.717, 1.165) is 32.7 Å². The molecule has 114 valence electrons. The van der Waals surface area contributed by atoms with Crippen LogP contribution in [0.4, 0.5) is 0 Å². The Morgan fingerprint density at radius 3 is 2.26 bits per heavy atom. The second-order valence-electron chi connectivity index (χ2n) is 5.30. The molecule has 1 heterocycles. The summed E-state index contributed by atoms with van der Waals surface area (Å²) in [5.74, 6) is 0. The van der Waals surface area contributed by atoms with Gasteiger partial charge < -0.3 is 19.9 Å². The van der Waals surface area contributed by atoms with E-state index in [1.807, 2.05) is 0 Å². The molecule has 0 aliphatic carbocycles. The lowest BCUT2D eigenvalue weighted by atomic mass is 10.2. The quantitative estimate of drug-likeness (QED) is 0.650. The zero-order valence-corrected chi connectivity index (χ0v) is 13.2. The van der Waals surface area contributed by atoms with Crippen molar-refractivity contribution in [1.29, 1.82) is 0 Å². The van der Waals surface area contributed by atoms with Crippen molar-refractivity contribution in [1.82, 2.24) is 15.1 Å². The van der Waals surface area contributed by atoms with Crippen molar-refractivity contribution in [3.05, 3.63) is 0 Å². The summed E-state index contributed by atoms with van der Waals surface area (Å²) in [7, 11) is 0. The lowest BCUT2D eigenvalue weighted by Crippen LogP contribution is -2.40. The number of ether oxygens (including phenoxy) is 1. The maximum absolute atomic E-state index is 5.75. The summed E-state index contributed by atoms with van der Waals surface area (Å²) in [5, 5.41) is 3.40. The molecule has 1 saturated heterocycles. The van der Waals surface area contributed by atoms with Crippen molar-refractivity contribution in [2.75, 3.05) is 59.0 Å². The lowest BCUT2D eigenvalue weighted by molar-refractivity contribution is 0.0175. The zero-order chi connectivity index (χ0) is 13.9. The van der Waals surface area contributed by atoms with E-state index in [1.54, 1.807) is 0 Å². The first-order valence-corrected chi connectivity index (χ1v) is 8.07. The molecule has 0 aromatic carbocycles. The third-order valence-corrected chi connectivity index (χ3v) is 4.06. The minimum Gasteiger partial charge on any atom is -0.376 e. The van der Waals surface area contributed by atoms with Gasteiger partial charge in [-0.2, -0.15) is 0 Å². The lowest BCUT2D eigenvalue weighted by Gasteiger charge is -2.27. The van der Waals surface area contributed by atoms with E-state index in [9.17, 15) is 0 Å². The van der Waals surface area contributed by atoms with Gasteiger partial charge in [0.1, 0.15) is 0 Å². The van der Waals surface area contributed by atoms with Crippen LogP contribution in [0.5, 0.6) is 0 Å². The molecule has 1 atom stereocenters. The summed E-state index contributed by atoms with van der Waals surface area (Å²) in [5.41, 5.74) is 0. The van der Waals surface area contributed by atoms with E-state index in [1.165, 1.54) is 39.1 Å². The second kappa shape index (κ2) is 10.6. The average Bonchev–Trinajstić information content (AvgIpc) is 2.48. The molecule has 1 fully saturated rings. The summed E-state index contributed by atoms with van der Waals surface area (Å²) in [6.07, 6.45) is 2.86. The molecule has 1 N–H and O–H groups in total. The maximum Gasteiger partial charge on any atom is 0.0712 e. The molecule has 1 aliphatic heterocycles. The van der Waals surface area contributed by atoms with Gasteiger partial charge in [-0.3, -0.25) is 0 Å². The standard InChI is InChI=1S/C15H33N3O/c1-4-17(5-2)10-7-11-18(6-3)12-8-15-14-16-9-13-19-15/h15-16H,4-14H2,1-3H3. The van der Waals surface area contributed by atoms with Crippen molar-refractivity contribution >= 4 is 0 Å². The predicted octanol–water partition coefficient (Wildman–Crippen LogP) is 1.42. The van der Waals surface area contributed by atoms with Crippen LogP contribution in [0, 0.1) is 0 Å².